The molecule has 0 aromatic heterocycles. The fraction of sp³-hybridized carbons (Fsp3) is 0.143. The maximum Gasteiger partial charge on any atom is 0.425 e. The van der Waals surface area contributed by atoms with Gasteiger partial charge in [0.25, 0.3) is 0 Å². The third kappa shape index (κ3) is 5.43. The topological polar surface area (TPSA) is 71.4 Å². The minimum atomic E-state index is -3.11. The Kier molecular flexibility index (Phi) is 4.71. The molecule has 0 fully saturated rings. The number of phenolic OH excluding ortho intramolecular Hbond substituents is 1. The zero-order valence-corrected chi connectivity index (χ0v) is 7.21. The van der Waals surface area contributed by atoms with E-state index >= 15 is 0 Å². The largest absolute Gasteiger partial charge is 0.508 e. The Labute approximate surface area is 71.5 Å². The molecule has 1 rings (SSSR count). The van der Waals surface area contributed by atoms with Crippen molar-refractivity contribution in [2.75, 3.05) is 0 Å². The lowest BCUT2D eigenvalue weighted by molar-refractivity contribution is 0.471. The molecule has 5 heteroatoms. The van der Waals surface area contributed by atoms with Crippen molar-refractivity contribution >= 4 is 10.6 Å². The Morgan fingerprint density at radius 3 is 1.83 bits per heavy atom. The van der Waals surface area contributed by atoms with Gasteiger partial charge in [-0.25, -0.2) is 0 Å². The molecule has 0 saturated carbocycles. The Balaban J connectivity index is 0.000000261. The zero-order valence-electron chi connectivity index (χ0n) is 6.39. The molecule has 0 spiro atoms. The minimum Gasteiger partial charge on any atom is -0.508 e. The third-order valence-corrected chi connectivity index (χ3v) is 1.12. The van der Waals surface area contributed by atoms with E-state index in [4.69, 9.17) is 17.7 Å². The molecular weight excluding hydrogens is 180 g/mol. The number of benzene rings is 1. The van der Waals surface area contributed by atoms with E-state index in [1.54, 1.807) is 6.07 Å². The van der Waals surface area contributed by atoms with Gasteiger partial charge in [-0.05, 0) is 18.6 Å². The van der Waals surface area contributed by atoms with Gasteiger partial charge in [-0.1, -0.05) is 18.2 Å². The average Bonchev–Trinajstić information content (AvgIpc) is 1.94. The maximum atomic E-state index is 8.92. The van der Waals surface area contributed by atoms with E-state index in [-0.39, 0.29) is 0 Å². The Morgan fingerprint density at radius 2 is 1.58 bits per heavy atom. The molecule has 0 heterocycles. The number of phenols is 1. The van der Waals surface area contributed by atoms with Gasteiger partial charge >= 0.3 is 10.6 Å². The molecule has 4 nitrogen and oxygen atoms in total. The smallest absolute Gasteiger partial charge is 0.425 e. The third-order valence-electron chi connectivity index (χ3n) is 1.12. The highest BCUT2D eigenvalue weighted by Gasteiger charge is 1.86. The molecule has 0 bridgehead atoms. The summed E-state index contributed by atoms with van der Waals surface area (Å²) in [5.74, 6) is 0.368. The van der Waals surface area contributed by atoms with Gasteiger partial charge < -0.3 is 5.11 Å². The fourth-order valence-electron chi connectivity index (χ4n) is 0.563. The summed E-state index contributed by atoms with van der Waals surface area (Å²) in [6.45, 7) is 1.87. The van der Waals surface area contributed by atoms with Crippen molar-refractivity contribution in [3.05, 3.63) is 29.8 Å². The van der Waals surface area contributed by atoms with Crippen LogP contribution in [0.5, 0.6) is 5.75 Å². The second-order valence-corrected chi connectivity index (χ2v) is 2.40. The molecular formula is C7H8O4S. The highest BCUT2D eigenvalue weighted by molar-refractivity contribution is 7.59. The molecule has 1 aromatic rings. The number of hydrogen-bond acceptors (Lipinski definition) is 4. The van der Waals surface area contributed by atoms with Crippen LogP contribution < -0.4 is 0 Å². The maximum absolute atomic E-state index is 8.92. The second kappa shape index (κ2) is 5.31. The molecule has 0 atom stereocenters. The monoisotopic (exact) mass is 188 g/mol. The van der Waals surface area contributed by atoms with Gasteiger partial charge in [0.05, 0.1) is 0 Å². The first kappa shape index (κ1) is 10.6. The van der Waals surface area contributed by atoms with Crippen LogP contribution in [-0.4, -0.2) is 17.7 Å². The van der Waals surface area contributed by atoms with E-state index in [1.165, 1.54) is 0 Å². The van der Waals surface area contributed by atoms with E-state index in [2.05, 4.69) is 0 Å². The van der Waals surface area contributed by atoms with Crippen molar-refractivity contribution in [3.63, 3.8) is 0 Å². The van der Waals surface area contributed by atoms with Gasteiger partial charge in [-0.2, -0.15) is 0 Å². The highest BCUT2D eigenvalue weighted by atomic mass is 32.2. The van der Waals surface area contributed by atoms with Gasteiger partial charge in [0, 0.05) is 0 Å². The fourth-order valence-corrected chi connectivity index (χ4v) is 0.563. The molecule has 1 N–H and O–H groups in total. The lowest BCUT2D eigenvalue weighted by Gasteiger charge is -1.92. The van der Waals surface area contributed by atoms with Crippen LogP contribution in [-0.2, 0) is 10.6 Å². The summed E-state index contributed by atoms with van der Waals surface area (Å²) in [6, 6.07) is 7.25. The number of para-hydroxylation sites is 1. The summed E-state index contributed by atoms with van der Waals surface area (Å²) < 4.78 is 25.3. The summed E-state index contributed by atoms with van der Waals surface area (Å²) in [4.78, 5) is 0. The molecule has 0 unspecified atom stereocenters. The number of rotatable bonds is 0. The van der Waals surface area contributed by atoms with E-state index in [0.717, 1.165) is 5.56 Å². The molecule has 0 saturated heterocycles. The first-order chi connectivity index (χ1) is 5.54. The van der Waals surface area contributed by atoms with Gasteiger partial charge in [-0.15, -0.1) is 12.6 Å². The standard InChI is InChI=1S/C7H8O.O3S/c1-6-4-2-3-5-7(6)8;1-4(2)3/h2-5,8H,1H3;. The Bertz CT molecular complexity index is 313. The van der Waals surface area contributed by atoms with E-state index in [1.807, 2.05) is 25.1 Å². The molecule has 1 aromatic carbocycles. The van der Waals surface area contributed by atoms with Gasteiger partial charge in [-0.3, -0.25) is 0 Å². The van der Waals surface area contributed by atoms with Crippen molar-refractivity contribution in [1.29, 1.82) is 0 Å². The van der Waals surface area contributed by atoms with Crippen LogP contribution in [0.1, 0.15) is 5.56 Å². The predicted molar refractivity (Wildman–Crippen MR) is 42.5 cm³/mol. The van der Waals surface area contributed by atoms with Crippen molar-refractivity contribution in [2.45, 2.75) is 6.92 Å². The van der Waals surface area contributed by atoms with Crippen molar-refractivity contribution in [3.8, 4) is 5.75 Å². The first-order valence-electron chi connectivity index (χ1n) is 3.05. The lowest BCUT2D eigenvalue weighted by atomic mass is 10.2. The predicted octanol–water partition coefficient (Wildman–Crippen LogP) is 0.697. The molecule has 12 heavy (non-hydrogen) atoms. The minimum absolute atomic E-state index is 0.368. The summed E-state index contributed by atoms with van der Waals surface area (Å²) in [5, 5.41) is 8.92. The Hall–Kier alpha value is -1.36. The number of aromatic hydroxyl groups is 1. The van der Waals surface area contributed by atoms with Gasteiger partial charge in [0.1, 0.15) is 5.75 Å². The quantitative estimate of drug-likeness (QED) is 0.650. The van der Waals surface area contributed by atoms with Crippen molar-refractivity contribution in [1.82, 2.24) is 0 Å². The van der Waals surface area contributed by atoms with Crippen LogP contribution in [0.2, 0.25) is 0 Å². The summed E-state index contributed by atoms with van der Waals surface area (Å²) in [6.07, 6.45) is 0. The van der Waals surface area contributed by atoms with Gasteiger partial charge in [0.15, 0.2) is 0 Å². The molecule has 0 amide bonds. The molecule has 66 valence electrons. The number of hydrogen-bond donors (Lipinski definition) is 1. The van der Waals surface area contributed by atoms with E-state index in [9.17, 15) is 0 Å². The molecule has 0 aliphatic rings. The Morgan fingerprint density at radius 1 is 1.17 bits per heavy atom. The van der Waals surface area contributed by atoms with Gasteiger partial charge in [0.2, 0.25) is 0 Å². The lowest BCUT2D eigenvalue weighted by Crippen LogP contribution is -1.68. The van der Waals surface area contributed by atoms with E-state index < -0.39 is 10.6 Å². The SMILES string of the molecule is Cc1ccccc1O.O=S(=O)=O. The second-order valence-electron chi connectivity index (χ2n) is 1.99. The van der Waals surface area contributed by atoms with E-state index in [0.29, 0.717) is 5.75 Å². The number of aryl methyl sites for hydroxylation is 1. The van der Waals surface area contributed by atoms with Crippen LogP contribution in [0.3, 0.4) is 0 Å². The normalized spacial score (nSPS) is 8.08. The molecule has 0 radical (unpaired) electrons. The van der Waals surface area contributed by atoms with Crippen LogP contribution in [0.4, 0.5) is 0 Å². The molecule has 0 aliphatic heterocycles. The zero-order chi connectivity index (χ0) is 9.56. The van der Waals surface area contributed by atoms with Crippen LogP contribution in [0.25, 0.3) is 0 Å². The van der Waals surface area contributed by atoms with Crippen molar-refractivity contribution in [2.24, 2.45) is 0 Å². The first-order valence-corrected chi connectivity index (χ1v) is 4.05. The molecule has 0 aliphatic carbocycles. The van der Waals surface area contributed by atoms with Crippen LogP contribution in [0, 0.1) is 6.92 Å². The average molecular weight is 188 g/mol. The summed E-state index contributed by atoms with van der Waals surface area (Å²) >= 11 is 0. The highest BCUT2D eigenvalue weighted by Crippen LogP contribution is 2.12. The summed E-state index contributed by atoms with van der Waals surface area (Å²) in [5.41, 5.74) is 0.924. The van der Waals surface area contributed by atoms with Crippen LogP contribution >= 0.6 is 0 Å². The van der Waals surface area contributed by atoms with Crippen molar-refractivity contribution < 1.29 is 17.7 Å². The van der Waals surface area contributed by atoms with Crippen LogP contribution in [0.15, 0.2) is 24.3 Å². The summed E-state index contributed by atoms with van der Waals surface area (Å²) in [7, 11) is -3.11.